The molecule has 1 saturated carbocycles. The average Bonchev–Trinajstić information content (AvgIpc) is 3.54. The van der Waals surface area contributed by atoms with E-state index >= 15 is 0 Å². The standard InChI is InChI=1S/C23H29N5O2S2/c1-3-12-25-32(30,19-10-11-19)18-8-6-17(7-9-18)27-23-24-14-20(21-5-4-13-31-21)22(28-23)26-16(2)15-29/h4-9,13-14,16,19,29H,3,10-12,15H2,1-2H3,(H2,24,26,27,28)/t16-,32?/m1/s1. The van der Waals surface area contributed by atoms with E-state index in [2.05, 4.69) is 31.9 Å². The van der Waals surface area contributed by atoms with E-state index < -0.39 is 9.73 Å². The van der Waals surface area contributed by atoms with Crippen molar-refractivity contribution < 1.29 is 9.32 Å². The Bertz CT molecular complexity index is 1150. The molecular formula is C23H29N5O2S2. The Morgan fingerprint density at radius 1 is 1.28 bits per heavy atom. The average molecular weight is 472 g/mol. The van der Waals surface area contributed by atoms with Gasteiger partial charge in [-0.2, -0.15) is 4.98 Å². The van der Waals surface area contributed by atoms with Crippen LogP contribution >= 0.6 is 11.3 Å². The molecule has 0 spiro atoms. The maximum Gasteiger partial charge on any atom is 0.229 e. The van der Waals surface area contributed by atoms with Crippen molar-refractivity contribution in [2.24, 2.45) is 4.36 Å². The smallest absolute Gasteiger partial charge is 0.229 e. The van der Waals surface area contributed by atoms with Gasteiger partial charge in [-0.15, -0.1) is 11.3 Å². The summed E-state index contributed by atoms with van der Waals surface area (Å²) < 4.78 is 18.0. The molecule has 32 heavy (non-hydrogen) atoms. The number of thiophene rings is 1. The monoisotopic (exact) mass is 471 g/mol. The number of aliphatic hydroxyl groups excluding tert-OH is 1. The number of aromatic nitrogens is 2. The number of anilines is 3. The van der Waals surface area contributed by atoms with Crippen LogP contribution in [-0.2, 0) is 9.73 Å². The van der Waals surface area contributed by atoms with Crippen LogP contribution in [0.5, 0.6) is 0 Å². The topological polar surface area (TPSA) is 99.5 Å². The van der Waals surface area contributed by atoms with Crippen LogP contribution in [0.2, 0.25) is 0 Å². The van der Waals surface area contributed by atoms with Gasteiger partial charge in [0.05, 0.1) is 21.9 Å². The molecule has 1 unspecified atom stereocenters. The summed E-state index contributed by atoms with van der Waals surface area (Å²) in [5.41, 5.74) is 1.70. The second-order valence-corrected chi connectivity index (χ2v) is 11.4. The minimum Gasteiger partial charge on any atom is -0.394 e. The zero-order valence-electron chi connectivity index (χ0n) is 18.3. The molecule has 0 saturated heterocycles. The third kappa shape index (κ3) is 5.11. The van der Waals surface area contributed by atoms with Crippen molar-refractivity contribution in [2.75, 3.05) is 23.8 Å². The summed E-state index contributed by atoms with van der Waals surface area (Å²) in [4.78, 5) is 11.0. The SMILES string of the molecule is CCCN=S(=O)(c1ccc(Nc2ncc(-c3cccs3)c(N[C@H](C)CO)n2)cc1)C1CC1. The summed E-state index contributed by atoms with van der Waals surface area (Å²) in [7, 11) is -2.35. The van der Waals surface area contributed by atoms with Crippen molar-refractivity contribution in [3.63, 3.8) is 0 Å². The van der Waals surface area contributed by atoms with E-state index in [4.69, 9.17) is 0 Å². The number of hydrogen-bond acceptors (Lipinski definition) is 8. The van der Waals surface area contributed by atoms with E-state index in [1.165, 1.54) is 0 Å². The fourth-order valence-electron chi connectivity index (χ4n) is 3.29. The Morgan fingerprint density at radius 3 is 2.69 bits per heavy atom. The summed E-state index contributed by atoms with van der Waals surface area (Å²) in [6.07, 6.45) is 4.65. The molecule has 0 bridgehead atoms. The first-order valence-corrected chi connectivity index (χ1v) is 13.4. The summed E-state index contributed by atoms with van der Waals surface area (Å²) in [6.45, 7) is 4.58. The highest BCUT2D eigenvalue weighted by Crippen LogP contribution is 2.36. The lowest BCUT2D eigenvalue weighted by molar-refractivity contribution is 0.281. The summed E-state index contributed by atoms with van der Waals surface area (Å²) in [5, 5.41) is 18.1. The van der Waals surface area contributed by atoms with Crippen LogP contribution < -0.4 is 10.6 Å². The molecular weight excluding hydrogens is 442 g/mol. The highest BCUT2D eigenvalue weighted by molar-refractivity contribution is 7.94. The summed E-state index contributed by atoms with van der Waals surface area (Å²) in [5.74, 6) is 1.11. The van der Waals surface area contributed by atoms with Gasteiger partial charge in [0.1, 0.15) is 5.82 Å². The first kappa shape index (κ1) is 22.7. The lowest BCUT2D eigenvalue weighted by atomic mass is 10.2. The Hall–Kier alpha value is -2.49. The lowest BCUT2D eigenvalue weighted by Gasteiger charge is -2.16. The van der Waals surface area contributed by atoms with Crippen LogP contribution in [0.25, 0.3) is 10.4 Å². The minimum atomic E-state index is -2.35. The first-order chi connectivity index (χ1) is 15.5. The fraction of sp³-hybridized carbons (Fsp3) is 0.391. The molecule has 0 amide bonds. The van der Waals surface area contributed by atoms with Gasteiger partial charge < -0.3 is 15.7 Å². The third-order valence-corrected chi connectivity index (χ3v) is 8.96. The Labute approximate surface area is 193 Å². The zero-order valence-corrected chi connectivity index (χ0v) is 20.0. The Balaban J connectivity index is 1.57. The summed E-state index contributed by atoms with van der Waals surface area (Å²) >= 11 is 1.61. The Morgan fingerprint density at radius 2 is 2.06 bits per heavy atom. The zero-order chi connectivity index (χ0) is 22.6. The highest BCUT2D eigenvalue weighted by Gasteiger charge is 2.34. The third-order valence-electron chi connectivity index (χ3n) is 5.16. The first-order valence-electron chi connectivity index (χ1n) is 10.9. The maximum atomic E-state index is 13.5. The predicted octanol–water partition coefficient (Wildman–Crippen LogP) is 5.14. The molecule has 1 aliphatic rings. The van der Waals surface area contributed by atoms with Gasteiger partial charge in [-0.1, -0.05) is 13.0 Å². The van der Waals surface area contributed by atoms with Crippen LogP contribution in [0.4, 0.5) is 17.5 Å². The number of aliphatic hydroxyl groups is 1. The van der Waals surface area contributed by atoms with Gasteiger partial charge in [-0.3, -0.25) is 0 Å². The van der Waals surface area contributed by atoms with Gasteiger partial charge in [-0.05, 0) is 61.9 Å². The fourth-order valence-corrected chi connectivity index (χ4v) is 6.53. The number of hydrogen-bond donors (Lipinski definition) is 3. The van der Waals surface area contributed by atoms with Crippen LogP contribution in [-0.4, -0.2) is 43.7 Å². The normalized spacial score (nSPS) is 16.2. The molecule has 2 aromatic heterocycles. The molecule has 1 aromatic carbocycles. The largest absolute Gasteiger partial charge is 0.394 e. The number of nitrogens with zero attached hydrogens (tertiary/aromatic N) is 3. The van der Waals surface area contributed by atoms with Crippen molar-refractivity contribution in [3.8, 4) is 10.4 Å². The van der Waals surface area contributed by atoms with Gasteiger partial charge >= 0.3 is 0 Å². The number of benzene rings is 1. The second-order valence-electron chi connectivity index (χ2n) is 7.93. The van der Waals surface area contributed by atoms with Gasteiger partial charge in [0, 0.05) is 39.5 Å². The molecule has 4 rings (SSSR count). The maximum absolute atomic E-state index is 13.5. The lowest BCUT2D eigenvalue weighted by Crippen LogP contribution is -2.21. The van der Waals surface area contributed by atoms with Gasteiger partial charge in [0.15, 0.2) is 0 Å². The van der Waals surface area contributed by atoms with Crippen LogP contribution in [0.3, 0.4) is 0 Å². The van der Waals surface area contributed by atoms with E-state index in [0.717, 1.165) is 40.3 Å². The molecule has 2 atom stereocenters. The van der Waals surface area contributed by atoms with E-state index in [1.807, 2.05) is 48.7 Å². The number of rotatable bonds is 10. The van der Waals surface area contributed by atoms with Crippen molar-refractivity contribution in [2.45, 2.75) is 49.3 Å². The Kier molecular flexibility index (Phi) is 7.07. The van der Waals surface area contributed by atoms with Gasteiger partial charge in [0.25, 0.3) is 0 Å². The van der Waals surface area contributed by atoms with Gasteiger partial charge in [-0.25, -0.2) is 13.6 Å². The number of nitrogens with one attached hydrogen (secondary N) is 2. The van der Waals surface area contributed by atoms with Crippen molar-refractivity contribution >= 4 is 38.5 Å². The van der Waals surface area contributed by atoms with E-state index in [0.29, 0.717) is 18.3 Å². The molecule has 2 heterocycles. The minimum absolute atomic E-state index is 0.00145. The molecule has 3 aromatic rings. The molecule has 1 fully saturated rings. The van der Waals surface area contributed by atoms with E-state index in [-0.39, 0.29) is 17.9 Å². The van der Waals surface area contributed by atoms with Crippen molar-refractivity contribution in [3.05, 3.63) is 48.0 Å². The summed E-state index contributed by atoms with van der Waals surface area (Å²) in [6, 6.07) is 11.5. The highest BCUT2D eigenvalue weighted by atomic mass is 32.2. The van der Waals surface area contributed by atoms with E-state index in [1.54, 1.807) is 17.5 Å². The molecule has 3 N–H and O–H groups in total. The van der Waals surface area contributed by atoms with Crippen LogP contribution in [0.15, 0.2) is 57.2 Å². The second kappa shape index (κ2) is 9.97. The van der Waals surface area contributed by atoms with Crippen LogP contribution in [0, 0.1) is 0 Å². The molecule has 0 aliphatic heterocycles. The molecule has 0 radical (unpaired) electrons. The molecule has 9 heteroatoms. The van der Waals surface area contributed by atoms with Gasteiger partial charge in [0.2, 0.25) is 5.95 Å². The van der Waals surface area contributed by atoms with Crippen LogP contribution in [0.1, 0.15) is 33.1 Å². The van der Waals surface area contributed by atoms with Crippen molar-refractivity contribution in [1.29, 1.82) is 0 Å². The predicted molar refractivity (Wildman–Crippen MR) is 132 cm³/mol. The van der Waals surface area contributed by atoms with E-state index in [9.17, 15) is 9.32 Å². The molecule has 1 aliphatic carbocycles. The van der Waals surface area contributed by atoms with Crippen molar-refractivity contribution in [1.82, 2.24) is 9.97 Å². The molecule has 170 valence electrons. The quantitative estimate of drug-likeness (QED) is 0.379. The molecule has 7 nitrogen and oxygen atoms in total.